The molecule has 0 aromatic carbocycles. The van der Waals surface area contributed by atoms with E-state index >= 15 is 0 Å². The van der Waals surface area contributed by atoms with Crippen molar-refractivity contribution in [2.24, 2.45) is 0 Å². The zero-order chi connectivity index (χ0) is 11.1. The molecule has 0 aliphatic heterocycles. The third-order valence-electron chi connectivity index (χ3n) is 1.53. The Morgan fingerprint density at radius 3 is 3.00 bits per heavy atom. The van der Waals surface area contributed by atoms with Crippen LogP contribution < -0.4 is 5.32 Å². The average Bonchev–Trinajstić information content (AvgIpc) is 2.20. The number of hydrogen-bond acceptors (Lipinski definition) is 3. The molecule has 1 heterocycles. The Kier molecular flexibility index (Phi) is 5.70. The zero-order valence-corrected chi connectivity index (χ0v) is 10.3. The van der Waals surface area contributed by atoms with E-state index in [4.69, 9.17) is 29.6 Å². The number of hydrogen-bond donors (Lipinski definition) is 1. The Labute approximate surface area is 104 Å². The van der Waals surface area contributed by atoms with Crippen molar-refractivity contribution in [3.8, 4) is 12.3 Å². The van der Waals surface area contributed by atoms with Crippen LogP contribution in [0.25, 0.3) is 0 Å². The Morgan fingerprint density at radius 1 is 1.53 bits per heavy atom. The largest absolute Gasteiger partial charge is 0.368 e. The number of thioether (sulfide) groups is 1. The van der Waals surface area contributed by atoms with Crippen LogP contribution in [0.4, 0.5) is 5.82 Å². The van der Waals surface area contributed by atoms with Crippen LogP contribution in [0.3, 0.4) is 0 Å². The van der Waals surface area contributed by atoms with Crippen molar-refractivity contribution in [3.05, 3.63) is 22.3 Å². The summed E-state index contributed by atoms with van der Waals surface area (Å²) in [6, 6.07) is 1.66. The Balaban J connectivity index is 2.35. The van der Waals surface area contributed by atoms with E-state index in [2.05, 4.69) is 16.2 Å². The Hall–Kier alpha value is -0.560. The van der Waals surface area contributed by atoms with E-state index in [0.717, 1.165) is 18.1 Å². The molecular formula is C10H10Cl2N2S. The summed E-state index contributed by atoms with van der Waals surface area (Å²) in [4.78, 5) is 4.07. The molecule has 1 rings (SSSR count). The second-order valence-corrected chi connectivity index (χ2v) is 4.62. The molecular weight excluding hydrogens is 251 g/mol. The number of aromatic nitrogens is 1. The van der Waals surface area contributed by atoms with Gasteiger partial charge in [-0.2, -0.15) is 0 Å². The van der Waals surface area contributed by atoms with Crippen molar-refractivity contribution in [1.82, 2.24) is 4.98 Å². The molecule has 1 aromatic heterocycles. The average molecular weight is 261 g/mol. The van der Waals surface area contributed by atoms with Crippen LogP contribution in [-0.2, 0) is 0 Å². The molecule has 0 atom stereocenters. The van der Waals surface area contributed by atoms with Gasteiger partial charge in [-0.25, -0.2) is 4.98 Å². The molecule has 0 unspecified atom stereocenters. The first kappa shape index (κ1) is 12.5. The number of halogens is 2. The third kappa shape index (κ3) is 4.65. The molecule has 0 bridgehead atoms. The highest BCUT2D eigenvalue weighted by Gasteiger charge is 2.01. The van der Waals surface area contributed by atoms with Gasteiger partial charge in [0.1, 0.15) is 5.82 Å². The third-order valence-corrected chi connectivity index (χ3v) is 2.89. The van der Waals surface area contributed by atoms with E-state index in [1.807, 2.05) is 0 Å². The summed E-state index contributed by atoms with van der Waals surface area (Å²) < 4.78 is 0. The summed E-state index contributed by atoms with van der Waals surface area (Å²) in [5.41, 5.74) is 0. The molecule has 0 spiro atoms. The van der Waals surface area contributed by atoms with Gasteiger partial charge in [-0.1, -0.05) is 29.1 Å². The quantitative estimate of drug-likeness (QED) is 0.651. The predicted molar refractivity (Wildman–Crippen MR) is 68.9 cm³/mol. The van der Waals surface area contributed by atoms with E-state index in [1.165, 1.54) is 0 Å². The smallest absolute Gasteiger partial charge is 0.144 e. The highest BCUT2D eigenvalue weighted by molar-refractivity contribution is 7.99. The Bertz CT molecular complexity index is 363. The van der Waals surface area contributed by atoms with Crippen molar-refractivity contribution >= 4 is 40.8 Å². The lowest BCUT2D eigenvalue weighted by Gasteiger charge is -2.06. The fourth-order valence-electron chi connectivity index (χ4n) is 0.917. The Morgan fingerprint density at radius 2 is 2.33 bits per heavy atom. The maximum absolute atomic E-state index is 5.92. The molecule has 80 valence electrons. The van der Waals surface area contributed by atoms with Gasteiger partial charge < -0.3 is 5.32 Å². The first-order valence-corrected chi connectivity index (χ1v) is 6.21. The molecule has 0 amide bonds. The molecule has 0 saturated carbocycles. The number of anilines is 1. The van der Waals surface area contributed by atoms with Gasteiger partial charge in [0.2, 0.25) is 0 Å². The van der Waals surface area contributed by atoms with Gasteiger partial charge in [-0.3, -0.25) is 0 Å². The van der Waals surface area contributed by atoms with Gasteiger partial charge in [-0.05, 0) is 6.07 Å². The summed E-state index contributed by atoms with van der Waals surface area (Å²) >= 11 is 13.3. The fraction of sp³-hybridized carbons (Fsp3) is 0.300. The molecule has 0 radical (unpaired) electrons. The van der Waals surface area contributed by atoms with Crippen molar-refractivity contribution in [2.45, 2.75) is 0 Å². The maximum atomic E-state index is 5.92. The van der Waals surface area contributed by atoms with Crippen molar-refractivity contribution < 1.29 is 0 Å². The monoisotopic (exact) mass is 260 g/mol. The molecule has 1 N–H and O–H groups in total. The van der Waals surface area contributed by atoms with Crippen molar-refractivity contribution in [2.75, 3.05) is 23.4 Å². The lowest BCUT2D eigenvalue weighted by Crippen LogP contribution is -2.06. The summed E-state index contributed by atoms with van der Waals surface area (Å²) in [6.45, 7) is 0.778. The molecule has 0 saturated heterocycles. The van der Waals surface area contributed by atoms with Crippen LogP contribution >= 0.6 is 35.0 Å². The second-order valence-electron chi connectivity index (χ2n) is 2.67. The van der Waals surface area contributed by atoms with Crippen molar-refractivity contribution in [1.29, 1.82) is 0 Å². The summed E-state index contributed by atoms with van der Waals surface area (Å²) in [7, 11) is 0. The molecule has 1 aromatic rings. The van der Waals surface area contributed by atoms with Crippen LogP contribution in [0.2, 0.25) is 10.0 Å². The van der Waals surface area contributed by atoms with Crippen LogP contribution in [0.1, 0.15) is 0 Å². The molecule has 0 aliphatic rings. The lowest BCUT2D eigenvalue weighted by molar-refractivity contribution is 1.17. The van der Waals surface area contributed by atoms with Gasteiger partial charge in [0, 0.05) is 18.5 Å². The topological polar surface area (TPSA) is 24.9 Å². The predicted octanol–water partition coefficient (Wildman–Crippen LogP) is 3.17. The van der Waals surface area contributed by atoms with E-state index in [0.29, 0.717) is 15.9 Å². The zero-order valence-electron chi connectivity index (χ0n) is 7.96. The molecule has 5 heteroatoms. The first-order chi connectivity index (χ1) is 7.24. The molecule has 0 aliphatic carbocycles. The van der Waals surface area contributed by atoms with Crippen LogP contribution in [0, 0.1) is 12.3 Å². The maximum Gasteiger partial charge on any atom is 0.144 e. The number of pyridine rings is 1. The highest BCUT2D eigenvalue weighted by atomic mass is 35.5. The molecule has 2 nitrogen and oxygen atoms in total. The van der Waals surface area contributed by atoms with Crippen LogP contribution in [0.5, 0.6) is 0 Å². The van der Waals surface area contributed by atoms with Gasteiger partial charge in [-0.15, -0.1) is 18.2 Å². The van der Waals surface area contributed by atoms with Gasteiger partial charge >= 0.3 is 0 Å². The first-order valence-electron chi connectivity index (χ1n) is 4.30. The lowest BCUT2D eigenvalue weighted by atomic mass is 10.4. The van der Waals surface area contributed by atoms with Gasteiger partial charge in [0.05, 0.1) is 15.8 Å². The normalized spacial score (nSPS) is 9.67. The standard InChI is InChI=1S/C10H10Cl2N2S/c1-2-4-15-5-3-13-10-9(12)6-8(11)7-14-10/h1,6-7H,3-5H2,(H,13,14). The number of rotatable bonds is 5. The minimum Gasteiger partial charge on any atom is -0.368 e. The summed E-state index contributed by atoms with van der Waals surface area (Å²) in [5.74, 6) is 4.86. The second kappa shape index (κ2) is 6.84. The number of nitrogens with zero attached hydrogens (tertiary/aromatic N) is 1. The molecule has 0 fully saturated rings. The van der Waals surface area contributed by atoms with Crippen LogP contribution in [0.15, 0.2) is 12.3 Å². The molecule has 15 heavy (non-hydrogen) atoms. The number of terminal acetylenes is 1. The van der Waals surface area contributed by atoms with Crippen molar-refractivity contribution in [3.63, 3.8) is 0 Å². The van der Waals surface area contributed by atoms with E-state index in [9.17, 15) is 0 Å². The van der Waals surface area contributed by atoms with Crippen LogP contribution in [-0.4, -0.2) is 23.0 Å². The number of nitrogens with one attached hydrogen (secondary N) is 1. The van der Waals surface area contributed by atoms with E-state index in [1.54, 1.807) is 24.0 Å². The highest BCUT2D eigenvalue weighted by Crippen LogP contribution is 2.22. The van der Waals surface area contributed by atoms with E-state index in [-0.39, 0.29) is 0 Å². The minimum absolute atomic E-state index is 0.532. The van der Waals surface area contributed by atoms with Gasteiger partial charge in [0.25, 0.3) is 0 Å². The van der Waals surface area contributed by atoms with E-state index < -0.39 is 0 Å². The summed E-state index contributed by atoms with van der Waals surface area (Å²) in [6.07, 6.45) is 6.68. The minimum atomic E-state index is 0.532. The summed E-state index contributed by atoms with van der Waals surface area (Å²) in [5, 5.41) is 4.17. The fourth-order valence-corrected chi connectivity index (χ4v) is 1.87. The van der Waals surface area contributed by atoms with Gasteiger partial charge in [0.15, 0.2) is 0 Å². The SMILES string of the molecule is C#CCSCCNc1ncc(Cl)cc1Cl.